The summed E-state index contributed by atoms with van der Waals surface area (Å²) in [5.74, 6) is -0.0775. The van der Waals surface area contributed by atoms with Gasteiger partial charge in [0.25, 0.3) is 0 Å². The van der Waals surface area contributed by atoms with Crippen LogP contribution >= 0.6 is 0 Å². The molecule has 0 saturated carbocycles. The van der Waals surface area contributed by atoms with Crippen LogP contribution < -0.4 is 5.32 Å². The van der Waals surface area contributed by atoms with Crippen LogP contribution in [0.15, 0.2) is 18.2 Å². The molecule has 1 aliphatic heterocycles. The van der Waals surface area contributed by atoms with E-state index in [1.807, 2.05) is 25.1 Å². The molecular formula is C14H19N3O2. The minimum atomic E-state index is -0.469. The molecule has 1 atom stereocenters. The summed E-state index contributed by atoms with van der Waals surface area (Å²) < 4.78 is 0. The van der Waals surface area contributed by atoms with E-state index in [9.17, 15) is 9.59 Å². The number of carbonyl (C=O) groups excluding carboxylic acids is 2. The van der Waals surface area contributed by atoms with Crippen molar-refractivity contribution in [2.45, 2.75) is 26.4 Å². The van der Waals surface area contributed by atoms with Crippen molar-refractivity contribution >= 4 is 17.6 Å². The van der Waals surface area contributed by atoms with E-state index in [2.05, 4.69) is 5.32 Å². The van der Waals surface area contributed by atoms with Crippen LogP contribution in [-0.2, 0) is 11.3 Å². The predicted molar refractivity (Wildman–Crippen MR) is 73.9 cm³/mol. The third kappa shape index (κ3) is 2.54. The highest BCUT2D eigenvalue weighted by Gasteiger charge is 2.31. The number of nitrogens with one attached hydrogen (secondary N) is 1. The highest BCUT2D eigenvalue weighted by molar-refractivity contribution is 5.95. The van der Waals surface area contributed by atoms with Gasteiger partial charge in [-0.3, -0.25) is 4.79 Å². The number of amides is 3. The molecule has 0 saturated heterocycles. The first kappa shape index (κ1) is 13.4. The van der Waals surface area contributed by atoms with Gasteiger partial charge in [-0.15, -0.1) is 0 Å². The molecule has 0 bridgehead atoms. The van der Waals surface area contributed by atoms with Gasteiger partial charge in [0.2, 0.25) is 5.91 Å². The Labute approximate surface area is 113 Å². The summed E-state index contributed by atoms with van der Waals surface area (Å²) in [6, 6.07) is 5.21. The maximum absolute atomic E-state index is 12.1. The van der Waals surface area contributed by atoms with Gasteiger partial charge >= 0.3 is 6.03 Å². The van der Waals surface area contributed by atoms with Crippen LogP contribution in [0.2, 0.25) is 0 Å². The number of anilines is 1. The number of nitrogens with zero attached hydrogens (tertiary/aromatic N) is 2. The second-order valence-electron chi connectivity index (χ2n) is 5.13. The van der Waals surface area contributed by atoms with Crippen molar-refractivity contribution in [3.63, 3.8) is 0 Å². The lowest BCUT2D eigenvalue weighted by atomic mass is 10.1. The molecule has 0 aliphatic carbocycles. The SMILES string of the molecule is Cc1ccc2c(c1)CN(C(C)C(=O)N(C)C)C(=O)N2. The summed E-state index contributed by atoms with van der Waals surface area (Å²) >= 11 is 0. The minimum Gasteiger partial charge on any atom is -0.347 e. The van der Waals surface area contributed by atoms with Gasteiger partial charge in [-0.2, -0.15) is 0 Å². The largest absolute Gasteiger partial charge is 0.347 e. The van der Waals surface area contributed by atoms with E-state index in [0.717, 1.165) is 16.8 Å². The summed E-state index contributed by atoms with van der Waals surface area (Å²) in [6.45, 7) is 4.22. The molecule has 3 amide bonds. The molecule has 1 heterocycles. The van der Waals surface area contributed by atoms with Crippen molar-refractivity contribution in [1.29, 1.82) is 0 Å². The van der Waals surface area contributed by atoms with Crippen molar-refractivity contribution in [2.75, 3.05) is 19.4 Å². The monoisotopic (exact) mass is 261 g/mol. The van der Waals surface area contributed by atoms with Gasteiger partial charge in [-0.25, -0.2) is 4.79 Å². The third-order valence-electron chi connectivity index (χ3n) is 3.37. The Bertz CT molecular complexity index is 525. The van der Waals surface area contributed by atoms with Crippen LogP contribution in [0.5, 0.6) is 0 Å². The molecule has 1 aliphatic rings. The van der Waals surface area contributed by atoms with Crippen molar-refractivity contribution < 1.29 is 9.59 Å². The van der Waals surface area contributed by atoms with Crippen LogP contribution in [0, 0.1) is 6.92 Å². The first-order valence-corrected chi connectivity index (χ1v) is 6.28. The van der Waals surface area contributed by atoms with Crippen LogP contribution in [-0.4, -0.2) is 41.9 Å². The normalized spacial score (nSPS) is 15.6. The first-order chi connectivity index (χ1) is 8.90. The fourth-order valence-electron chi connectivity index (χ4n) is 2.24. The molecular weight excluding hydrogens is 242 g/mol. The van der Waals surface area contributed by atoms with Gasteiger partial charge in [-0.05, 0) is 25.5 Å². The van der Waals surface area contributed by atoms with Gasteiger partial charge < -0.3 is 15.1 Å². The molecule has 2 rings (SSSR count). The van der Waals surface area contributed by atoms with Crippen LogP contribution in [0.3, 0.4) is 0 Å². The molecule has 5 heteroatoms. The molecule has 0 aromatic heterocycles. The Morgan fingerprint density at radius 2 is 2.11 bits per heavy atom. The lowest BCUT2D eigenvalue weighted by molar-refractivity contribution is -0.132. The summed E-state index contributed by atoms with van der Waals surface area (Å²) in [7, 11) is 3.39. The maximum atomic E-state index is 12.1. The Kier molecular flexibility index (Phi) is 3.46. The zero-order valence-electron chi connectivity index (χ0n) is 11.7. The number of aryl methyl sites for hydroxylation is 1. The van der Waals surface area contributed by atoms with E-state index in [-0.39, 0.29) is 11.9 Å². The zero-order valence-corrected chi connectivity index (χ0v) is 11.7. The summed E-state index contributed by atoms with van der Waals surface area (Å²) in [6.07, 6.45) is 0. The molecule has 1 aromatic carbocycles. The summed E-state index contributed by atoms with van der Waals surface area (Å²) in [5.41, 5.74) is 3.01. The van der Waals surface area contributed by atoms with E-state index in [1.165, 1.54) is 4.90 Å². The van der Waals surface area contributed by atoms with E-state index in [4.69, 9.17) is 0 Å². The van der Waals surface area contributed by atoms with Gasteiger partial charge in [0.05, 0.1) is 6.54 Å². The number of hydrogen-bond donors (Lipinski definition) is 1. The van der Waals surface area contributed by atoms with Crippen molar-refractivity contribution in [3.05, 3.63) is 29.3 Å². The van der Waals surface area contributed by atoms with Crippen LogP contribution in [0.25, 0.3) is 0 Å². The minimum absolute atomic E-state index is 0.0775. The van der Waals surface area contributed by atoms with Gasteiger partial charge in [-0.1, -0.05) is 17.7 Å². The van der Waals surface area contributed by atoms with E-state index < -0.39 is 6.04 Å². The Morgan fingerprint density at radius 3 is 2.74 bits per heavy atom. The van der Waals surface area contributed by atoms with E-state index in [1.54, 1.807) is 25.9 Å². The zero-order chi connectivity index (χ0) is 14.2. The second-order valence-corrected chi connectivity index (χ2v) is 5.13. The standard InChI is InChI=1S/C14H19N3O2/c1-9-5-6-12-11(7-9)8-17(14(19)15-12)10(2)13(18)16(3)4/h5-7,10H,8H2,1-4H3,(H,15,19). The van der Waals surface area contributed by atoms with Crippen molar-refractivity contribution in [2.24, 2.45) is 0 Å². The average molecular weight is 261 g/mol. The predicted octanol–water partition coefficient (Wildman–Crippen LogP) is 1.82. The third-order valence-corrected chi connectivity index (χ3v) is 3.37. The topological polar surface area (TPSA) is 52.7 Å². The molecule has 1 aromatic rings. The number of rotatable bonds is 2. The fourth-order valence-corrected chi connectivity index (χ4v) is 2.24. The highest BCUT2D eigenvalue weighted by atomic mass is 16.2. The molecule has 1 unspecified atom stereocenters. The Morgan fingerprint density at radius 1 is 1.42 bits per heavy atom. The van der Waals surface area contributed by atoms with E-state index in [0.29, 0.717) is 6.54 Å². The molecule has 102 valence electrons. The lowest BCUT2D eigenvalue weighted by Crippen LogP contribution is -2.50. The van der Waals surface area contributed by atoms with Gasteiger partial charge in [0.15, 0.2) is 0 Å². The number of hydrogen-bond acceptors (Lipinski definition) is 2. The highest BCUT2D eigenvalue weighted by Crippen LogP contribution is 2.25. The molecule has 1 N–H and O–H groups in total. The molecule has 0 radical (unpaired) electrons. The van der Waals surface area contributed by atoms with E-state index >= 15 is 0 Å². The Balaban J connectivity index is 2.26. The molecule has 19 heavy (non-hydrogen) atoms. The number of carbonyl (C=O) groups is 2. The second kappa shape index (κ2) is 4.91. The Hall–Kier alpha value is -2.04. The molecule has 0 spiro atoms. The number of likely N-dealkylation sites (N-methyl/N-ethyl adjacent to an activating group) is 1. The molecule has 0 fully saturated rings. The van der Waals surface area contributed by atoms with Crippen molar-refractivity contribution in [3.8, 4) is 0 Å². The van der Waals surface area contributed by atoms with Crippen LogP contribution in [0.1, 0.15) is 18.1 Å². The lowest BCUT2D eigenvalue weighted by Gasteiger charge is -2.34. The van der Waals surface area contributed by atoms with Gasteiger partial charge in [0.1, 0.15) is 6.04 Å². The number of urea groups is 1. The fraction of sp³-hybridized carbons (Fsp3) is 0.429. The number of fused-ring (bicyclic) bond motifs is 1. The smallest absolute Gasteiger partial charge is 0.322 e. The summed E-state index contributed by atoms with van der Waals surface area (Å²) in [5, 5.41) is 2.83. The van der Waals surface area contributed by atoms with Crippen molar-refractivity contribution in [1.82, 2.24) is 9.80 Å². The number of benzene rings is 1. The molecule has 5 nitrogen and oxygen atoms in total. The van der Waals surface area contributed by atoms with Crippen LogP contribution in [0.4, 0.5) is 10.5 Å². The summed E-state index contributed by atoms with van der Waals surface area (Å²) in [4.78, 5) is 27.1. The first-order valence-electron chi connectivity index (χ1n) is 6.28. The average Bonchev–Trinajstić information content (AvgIpc) is 2.36. The van der Waals surface area contributed by atoms with Gasteiger partial charge in [0, 0.05) is 19.8 Å². The maximum Gasteiger partial charge on any atom is 0.322 e. The quantitative estimate of drug-likeness (QED) is 0.883.